The molecule has 1 heterocycles. The Bertz CT molecular complexity index is 342. The van der Waals surface area contributed by atoms with Crippen LogP contribution in [0.1, 0.15) is 12.8 Å². The highest BCUT2D eigenvalue weighted by molar-refractivity contribution is 5.21. The summed E-state index contributed by atoms with van der Waals surface area (Å²) in [5.41, 5.74) is 0. The summed E-state index contributed by atoms with van der Waals surface area (Å²) in [6.07, 6.45) is 1.74. The van der Waals surface area contributed by atoms with Crippen LogP contribution in [0.5, 0.6) is 5.75 Å². The molecule has 1 fully saturated rings. The fraction of sp³-hybridized carbons (Fsp3) is 0.538. The Balaban J connectivity index is 1.70. The first-order valence-corrected chi connectivity index (χ1v) is 6.03. The minimum Gasteiger partial charge on any atom is -0.492 e. The third-order valence-corrected chi connectivity index (χ3v) is 2.97. The maximum absolute atomic E-state index is 12.7. The van der Waals surface area contributed by atoms with Crippen molar-refractivity contribution in [2.75, 3.05) is 26.2 Å². The molecule has 0 radical (unpaired) electrons. The van der Waals surface area contributed by atoms with Crippen LogP contribution in [-0.4, -0.2) is 42.4 Å². The highest BCUT2D eigenvalue weighted by atomic mass is 19.1. The van der Waals surface area contributed by atoms with Crippen LogP contribution in [-0.2, 0) is 0 Å². The molecule has 1 atom stereocenters. The molecule has 0 saturated carbocycles. The molecule has 94 valence electrons. The minimum absolute atomic E-state index is 0.199. The highest BCUT2D eigenvalue weighted by Gasteiger charge is 2.16. The summed E-state index contributed by atoms with van der Waals surface area (Å²) in [5.74, 6) is 0.431. The minimum atomic E-state index is -0.253. The van der Waals surface area contributed by atoms with Crippen LogP contribution >= 0.6 is 0 Å². The van der Waals surface area contributed by atoms with E-state index < -0.39 is 0 Å². The molecule has 0 spiro atoms. The molecule has 1 aliphatic rings. The van der Waals surface area contributed by atoms with Crippen molar-refractivity contribution < 1.29 is 14.2 Å². The molecule has 1 N–H and O–H groups in total. The fourth-order valence-corrected chi connectivity index (χ4v) is 2.06. The van der Waals surface area contributed by atoms with Crippen molar-refractivity contribution in [2.45, 2.75) is 18.9 Å². The van der Waals surface area contributed by atoms with Crippen molar-refractivity contribution in [3.05, 3.63) is 30.1 Å². The lowest BCUT2D eigenvalue weighted by atomic mass is 10.1. The first kappa shape index (κ1) is 12.3. The smallest absolute Gasteiger partial charge is 0.123 e. The van der Waals surface area contributed by atoms with Gasteiger partial charge in [-0.05, 0) is 43.7 Å². The van der Waals surface area contributed by atoms with Crippen LogP contribution in [0, 0.1) is 5.82 Å². The summed E-state index contributed by atoms with van der Waals surface area (Å²) in [6.45, 7) is 3.11. The van der Waals surface area contributed by atoms with E-state index in [1.807, 2.05) is 0 Å². The number of β-amino-alcohol motifs (C(OH)–C–C–N with tert-alkyl or cyclic N) is 1. The van der Waals surface area contributed by atoms with Gasteiger partial charge in [-0.15, -0.1) is 0 Å². The Kier molecular flexibility index (Phi) is 4.34. The maximum atomic E-state index is 12.7. The number of benzene rings is 1. The fourth-order valence-electron chi connectivity index (χ4n) is 2.06. The monoisotopic (exact) mass is 239 g/mol. The van der Waals surface area contributed by atoms with E-state index >= 15 is 0 Å². The number of nitrogens with zero attached hydrogens (tertiary/aromatic N) is 1. The Labute approximate surface area is 101 Å². The highest BCUT2D eigenvalue weighted by Crippen LogP contribution is 2.12. The number of aliphatic hydroxyl groups is 1. The van der Waals surface area contributed by atoms with Gasteiger partial charge in [-0.2, -0.15) is 0 Å². The zero-order valence-corrected chi connectivity index (χ0v) is 9.81. The number of likely N-dealkylation sites (tertiary alicyclic amines) is 1. The first-order chi connectivity index (χ1) is 8.24. The summed E-state index contributed by atoms with van der Waals surface area (Å²) < 4.78 is 18.2. The van der Waals surface area contributed by atoms with Gasteiger partial charge in [0.25, 0.3) is 0 Å². The average molecular weight is 239 g/mol. The first-order valence-electron chi connectivity index (χ1n) is 6.03. The van der Waals surface area contributed by atoms with E-state index in [0.717, 1.165) is 32.5 Å². The van der Waals surface area contributed by atoms with E-state index in [0.29, 0.717) is 12.4 Å². The molecular formula is C13H18FNO2. The molecule has 17 heavy (non-hydrogen) atoms. The molecule has 0 bridgehead atoms. The van der Waals surface area contributed by atoms with Gasteiger partial charge in [0.05, 0.1) is 6.10 Å². The SMILES string of the molecule is OC1CCCN(CCOc2ccc(F)cc2)C1. The van der Waals surface area contributed by atoms with Crippen LogP contribution in [0.3, 0.4) is 0 Å². The second-order valence-electron chi connectivity index (χ2n) is 4.40. The number of rotatable bonds is 4. The van der Waals surface area contributed by atoms with Crippen molar-refractivity contribution >= 4 is 0 Å². The number of ether oxygens (including phenoxy) is 1. The van der Waals surface area contributed by atoms with Gasteiger partial charge in [0.1, 0.15) is 18.2 Å². The number of hydrogen-bond donors (Lipinski definition) is 1. The van der Waals surface area contributed by atoms with Crippen LogP contribution < -0.4 is 4.74 Å². The third kappa shape index (κ3) is 3.98. The Morgan fingerprint density at radius 2 is 2.12 bits per heavy atom. The van der Waals surface area contributed by atoms with E-state index in [2.05, 4.69) is 4.90 Å². The van der Waals surface area contributed by atoms with E-state index in [1.54, 1.807) is 12.1 Å². The maximum Gasteiger partial charge on any atom is 0.123 e. The molecular weight excluding hydrogens is 221 g/mol. The van der Waals surface area contributed by atoms with E-state index in [4.69, 9.17) is 4.74 Å². The summed E-state index contributed by atoms with van der Waals surface area (Å²) in [5, 5.41) is 9.50. The molecule has 4 heteroatoms. The van der Waals surface area contributed by atoms with Crippen molar-refractivity contribution in [1.82, 2.24) is 4.90 Å². The Morgan fingerprint density at radius 3 is 2.82 bits per heavy atom. The molecule has 0 amide bonds. The van der Waals surface area contributed by atoms with Crippen LogP contribution in [0.4, 0.5) is 4.39 Å². The molecule has 1 unspecified atom stereocenters. The molecule has 2 rings (SSSR count). The van der Waals surface area contributed by atoms with Gasteiger partial charge in [0.15, 0.2) is 0 Å². The van der Waals surface area contributed by atoms with Crippen LogP contribution in [0.25, 0.3) is 0 Å². The zero-order valence-electron chi connectivity index (χ0n) is 9.81. The van der Waals surface area contributed by atoms with Gasteiger partial charge in [-0.25, -0.2) is 4.39 Å². The molecule has 1 aromatic carbocycles. The summed E-state index contributed by atoms with van der Waals surface area (Å²) in [7, 11) is 0. The molecule has 1 saturated heterocycles. The number of aliphatic hydroxyl groups excluding tert-OH is 1. The van der Waals surface area contributed by atoms with E-state index in [9.17, 15) is 9.50 Å². The Hall–Kier alpha value is -1.13. The van der Waals surface area contributed by atoms with E-state index in [-0.39, 0.29) is 11.9 Å². The number of halogens is 1. The van der Waals surface area contributed by atoms with Gasteiger partial charge in [-0.1, -0.05) is 0 Å². The average Bonchev–Trinajstić information content (AvgIpc) is 2.32. The van der Waals surface area contributed by atoms with Gasteiger partial charge >= 0.3 is 0 Å². The predicted molar refractivity (Wildman–Crippen MR) is 63.6 cm³/mol. The lowest BCUT2D eigenvalue weighted by Gasteiger charge is -2.29. The number of hydrogen-bond acceptors (Lipinski definition) is 3. The van der Waals surface area contributed by atoms with Crippen molar-refractivity contribution in [2.24, 2.45) is 0 Å². The summed E-state index contributed by atoms with van der Waals surface area (Å²) in [4.78, 5) is 2.19. The molecule has 1 aliphatic heterocycles. The second kappa shape index (κ2) is 5.98. The van der Waals surface area contributed by atoms with Crippen molar-refractivity contribution in [1.29, 1.82) is 0 Å². The van der Waals surface area contributed by atoms with Crippen LogP contribution in [0.15, 0.2) is 24.3 Å². The third-order valence-electron chi connectivity index (χ3n) is 2.97. The largest absolute Gasteiger partial charge is 0.492 e. The predicted octanol–water partition coefficient (Wildman–Crippen LogP) is 1.66. The Morgan fingerprint density at radius 1 is 1.35 bits per heavy atom. The summed E-state index contributed by atoms with van der Waals surface area (Å²) in [6, 6.07) is 6.03. The van der Waals surface area contributed by atoms with Crippen molar-refractivity contribution in [3.8, 4) is 5.75 Å². The second-order valence-corrected chi connectivity index (χ2v) is 4.40. The number of piperidine rings is 1. The molecule has 0 aliphatic carbocycles. The molecule has 3 nitrogen and oxygen atoms in total. The van der Waals surface area contributed by atoms with Gasteiger partial charge < -0.3 is 9.84 Å². The standard InChI is InChI=1S/C13H18FNO2/c14-11-3-5-13(6-4-11)17-9-8-15-7-1-2-12(16)10-15/h3-6,12,16H,1-2,7-10H2. The van der Waals surface area contributed by atoms with Gasteiger partial charge in [0, 0.05) is 13.1 Å². The lowest BCUT2D eigenvalue weighted by molar-refractivity contribution is 0.0633. The van der Waals surface area contributed by atoms with Crippen molar-refractivity contribution in [3.63, 3.8) is 0 Å². The van der Waals surface area contributed by atoms with E-state index in [1.165, 1.54) is 12.1 Å². The van der Waals surface area contributed by atoms with Crippen LogP contribution in [0.2, 0.25) is 0 Å². The summed E-state index contributed by atoms with van der Waals surface area (Å²) >= 11 is 0. The normalized spacial score (nSPS) is 21.4. The van der Waals surface area contributed by atoms with Gasteiger partial charge in [0.2, 0.25) is 0 Å². The topological polar surface area (TPSA) is 32.7 Å². The zero-order chi connectivity index (χ0) is 12.1. The quantitative estimate of drug-likeness (QED) is 0.867. The van der Waals surface area contributed by atoms with Gasteiger partial charge in [-0.3, -0.25) is 4.90 Å². The lowest BCUT2D eigenvalue weighted by Crippen LogP contribution is -2.40. The molecule has 1 aromatic rings. The molecule has 0 aromatic heterocycles.